The van der Waals surface area contributed by atoms with E-state index in [1.807, 2.05) is 24.3 Å². The molecule has 1 aromatic carbocycles. The summed E-state index contributed by atoms with van der Waals surface area (Å²) in [6.07, 6.45) is 0.933. The Kier molecular flexibility index (Phi) is 5.99. The fourth-order valence-electron chi connectivity index (χ4n) is 1.52. The summed E-state index contributed by atoms with van der Waals surface area (Å²) in [6.45, 7) is 7.59. The highest BCUT2D eigenvalue weighted by Crippen LogP contribution is 2.17. The van der Waals surface area contributed by atoms with Gasteiger partial charge in [0.2, 0.25) is 5.91 Å². The predicted octanol–water partition coefficient (Wildman–Crippen LogP) is 2.54. The van der Waals surface area contributed by atoms with Crippen LogP contribution in [-0.2, 0) is 16.1 Å². The fraction of sp³-hybridized carbons (Fsp3) is 0.533. The zero-order valence-electron chi connectivity index (χ0n) is 12.0. The van der Waals surface area contributed by atoms with Crippen molar-refractivity contribution in [2.24, 2.45) is 11.1 Å². The van der Waals surface area contributed by atoms with Crippen LogP contribution in [0.4, 0.5) is 5.69 Å². The van der Waals surface area contributed by atoms with Gasteiger partial charge in [0.1, 0.15) is 6.61 Å². The molecule has 106 valence electrons. The van der Waals surface area contributed by atoms with Crippen molar-refractivity contribution in [3.05, 3.63) is 29.8 Å². The van der Waals surface area contributed by atoms with Crippen molar-refractivity contribution >= 4 is 11.6 Å². The number of ether oxygens (including phenoxy) is 1. The number of carbonyl (C=O) groups excluding carboxylic acids is 1. The summed E-state index contributed by atoms with van der Waals surface area (Å²) in [4.78, 5) is 11.7. The van der Waals surface area contributed by atoms with E-state index in [2.05, 4.69) is 26.1 Å². The number of carbonyl (C=O) groups is 1. The van der Waals surface area contributed by atoms with Crippen molar-refractivity contribution in [1.82, 2.24) is 0 Å². The third-order valence-electron chi connectivity index (χ3n) is 2.68. The summed E-state index contributed by atoms with van der Waals surface area (Å²) >= 11 is 0. The highest BCUT2D eigenvalue weighted by molar-refractivity contribution is 5.91. The molecule has 3 N–H and O–H groups in total. The van der Waals surface area contributed by atoms with E-state index in [-0.39, 0.29) is 17.9 Å². The summed E-state index contributed by atoms with van der Waals surface area (Å²) in [5, 5.41) is 2.79. The van der Waals surface area contributed by atoms with Gasteiger partial charge in [-0.05, 0) is 29.5 Å². The number of amides is 1. The summed E-state index contributed by atoms with van der Waals surface area (Å²) in [7, 11) is 0. The van der Waals surface area contributed by atoms with Gasteiger partial charge in [0, 0.05) is 18.8 Å². The second-order valence-corrected chi connectivity index (χ2v) is 5.82. The summed E-state index contributed by atoms with van der Waals surface area (Å²) in [6, 6.07) is 7.51. The number of hydrogen-bond donors (Lipinski definition) is 2. The Labute approximate surface area is 115 Å². The number of benzene rings is 1. The minimum Gasteiger partial charge on any atom is -0.372 e. The molecule has 19 heavy (non-hydrogen) atoms. The van der Waals surface area contributed by atoms with Crippen molar-refractivity contribution < 1.29 is 9.53 Å². The standard InChI is InChI=1S/C15H24N2O2/c1-15(2,3)7-8-19-11-14(18)17-13-6-4-5-12(9-13)10-16/h4-6,9H,7-8,10-11,16H2,1-3H3,(H,17,18). The van der Waals surface area contributed by atoms with Crippen LogP contribution >= 0.6 is 0 Å². The number of anilines is 1. The highest BCUT2D eigenvalue weighted by Gasteiger charge is 2.10. The minimum absolute atomic E-state index is 0.0862. The van der Waals surface area contributed by atoms with Gasteiger partial charge in [-0.15, -0.1) is 0 Å². The topological polar surface area (TPSA) is 64.3 Å². The monoisotopic (exact) mass is 264 g/mol. The van der Waals surface area contributed by atoms with Gasteiger partial charge < -0.3 is 15.8 Å². The first kappa shape index (κ1) is 15.7. The van der Waals surface area contributed by atoms with E-state index in [0.29, 0.717) is 13.2 Å². The lowest BCUT2D eigenvalue weighted by Crippen LogP contribution is -2.20. The molecule has 4 nitrogen and oxygen atoms in total. The lowest BCUT2D eigenvalue weighted by atomic mass is 9.93. The normalized spacial score (nSPS) is 11.4. The van der Waals surface area contributed by atoms with E-state index in [1.165, 1.54) is 0 Å². The van der Waals surface area contributed by atoms with E-state index in [9.17, 15) is 4.79 Å². The smallest absolute Gasteiger partial charge is 0.250 e. The first-order chi connectivity index (χ1) is 8.90. The molecule has 0 aliphatic heterocycles. The van der Waals surface area contributed by atoms with Crippen LogP contribution in [0.3, 0.4) is 0 Å². The average molecular weight is 264 g/mol. The molecule has 0 fully saturated rings. The van der Waals surface area contributed by atoms with E-state index in [1.54, 1.807) is 0 Å². The van der Waals surface area contributed by atoms with Crippen LogP contribution in [0.5, 0.6) is 0 Å². The predicted molar refractivity (Wildman–Crippen MR) is 77.9 cm³/mol. The number of rotatable bonds is 6. The molecule has 0 aromatic heterocycles. The molecule has 0 radical (unpaired) electrons. The number of nitrogens with one attached hydrogen (secondary N) is 1. The Bertz CT molecular complexity index is 411. The van der Waals surface area contributed by atoms with Gasteiger partial charge in [0.25, 0.3) is 0 Å². The lowest BCUT2D eigenvalue weighted by molar-refractivity contribution is -0.120. The molecular weight excluding hydrogens is 240 g/mol. The maximum absolute atomic E-state index is 11.7. The highest BCUT2D eigenvalue weighted by atomic mass is 16.5. The van der Waals surface area contributed by atoms with Gasteiger partial charge in [0.05, 0.1) is 0 Å². The second-order valence-electron chi connectivity index (χ2n) is 5.82. The second kappa shape index (κ2) is 7.26. The summed E-state index contributed by atoms with van der Waals surface area (Å²) < 4.78 is 5.36. The Balaban J connectivity index is 2.31. The Morgan fingerprint density at radius 2 is 2.11 bits per heavy atom. The zero-order valence-corrected chi connectivity index (χ0v) is 12.0. The van der Waals surface area contributed by atoms with Crippen LogP contribution in [0, 0.1) is 5.41 Å². The molecule has 1 aromatic rings. The first-order valence-electron chi connectivity index (χ1n) is 6.57. The third-order valence-corrected chi connectivity index (χ3v) is 2.68. The Hall–Kier alpha value is -1.39. The minimum atomic E-state index is -0.136. The van der Waals surface area contributed by atoms with E-state index in [4.69, 9.17) is 10.5 Å². The summed E-state index contributed by atoms with van der Waals surface area (Å²) in [5.41, 5.74) is 7.53. The van der Waals surface area contributed by atoms with Gasteiger partial charge in [-0.2, -0.15) is 0 Å². The molecule has 0 atom stereocenters. The van der Waals surface area contributed by atoms with Crippen molar-refractivity contribution in [2.45, 2.75) is 33.7 Å². The van der Waals surface area contributed by atoms with E-state index < -0.39 is 0 Å². The Morgan fingerprint density at radius 1 is 1.37 bits per heavy atom. The molecular formula is C15H24N2O2. The van der Waals surface area contributed by atoms with Gasteiger partial charge in [-0.25, -0.2) is 0 Å². The Morgan fingerprint density at radius 3 is 2.74 bits per heavy atom. The van der Waals surface area contributed by atoms with Crippen LogP contribution in [0.2, 0.25) is 0 Å². The van der Waals surface area contributed by atoms with Crippen LogP contribution in [-0.4, -0.2) is 19.1 Å². The zero-order chi connectivity index (χ0) is 14.3. The van der Waals surface area contributed by atoms with Crippen molar-refractivity contribution in [3.8, 4) is 0 Å². The van der Waals surface area contributed by atoms with Gasteiger partial charge in [-0.3, -0.25) is 4.79 Å². The molecule has 0 saturated carbocycles. The number of nitrogens with two attached hydrogens (primary N) is 1. The number of hydrogen-bond acceptors (Lipinski definition) is 3. The molecule has 0 unspecified atom stereocenters. The molecule has 1 rings (SSSR count). The quantitative estimate of drug-likeness (QED) is 0.776. The molecule has 1 amide bonds. The SMILES string of the molecule is CC(C)(C)CCOCC(=O)Nc1cccc(CN)c1. The van der Waals surface area contributed by atoms with Crippen LogP contribution in [0.25, 0.3) is 0 Å². The van der Waals surface area contributed by atoms with Gasteiger partial charge >= 0.3 is 0 Å². The van der Waals surface area contributed by atoms with Crippen molar-refractivity contribution in [2.75, 3.05) is 18.5 Å². The molecule has 0 saturated heterocycles. The van der Waals surface area contributed by atoms with E-state index in [0.717, 1.165) is 17.7 Å². The molecule has 0 heterocycles. The van der Waals surface area contributed by atoms with Crippen LogP contribution in [0.1, 0.15) is 32.8 Å². The third kappa shape index (κ3) is 6.94. The molecule has 0 aliphatic carbocycles. The lowest BCUT2D eigenvalue weighted by Gasteiger charge is -2.17. The maximum atomic E-state index is 11.7. The molecule has 4 heteroatoms. The van der Waals surface area contributed by atoms with Crippen molar-refractivity contribution in [1.29, 1.82) is 0 Å². The van der Waals surface area contributed by atoms with Gasteiger partial charge in [-0.1, -0.05) is 32.9 Å². The van der Waals surface area contributed by atoms with Crippen LogP contribution in [0.15, 0.2) is 24.3 Å². The fourth-order valence-corrected chi connectivity index (χ4v) is 1.52. The molecule has 0 spiro atoms. The average Bonchev–Trinajstić information content (AvgIpc) is 2.34. The largest absolute Gasteiger partial charge is 0.372 e. The van der Waals surface area contributed by atoms with E-state index >= 15 is 0 Å². The summed E-state index contributed by atoms with van der Waals surface area (Å²) in [5.74, 6) is -0.136. The molecule has 0 aliphatic rings. The molecule has 0 bridgehead atoms. The van der Waals surface area contributed by atoms with Crippen molar-refractivity contribution in [3.63, 3.8) is 0 Å². The maximum Gasteiger partial charge on any atom is 0.250 e. The van der Waals surface area contributed by atoms with Crippen LogP contribution < -0.4 is 11.1 Å². The van der Waals surface area contributed by atoms with Gasteiger partial charge in [0.15, 0.2) is 0 Å². The first-order valence-corrected chi connectivity index (χ1v) is 6.57.